The first-order chi connectivity index (χ1) is 14.4. The fourth-order valence-corrected chi connectivity index (χ4v) is 2.24. The Kier molecular flexibility index (Phi) is 3.55. The van der Waals surface area contributed by atoms with E-state index in [1.165, 1.54) is 18.2 Å². The number of pyridine rings is 3. The summed E-state index contributed by atoms with van der Waals surface area (Å²) in [5.74, 6) is 0. The van der Waals surface area contributed by atoms with Crippen molar-refractivity contribution >= 4 is 0 Å². The Hall–Kier alpha value is -2.59. The van der Waals surface area contributed by atoms with Crippen LogP contribution >= 0.6 is 0 Å². The van der Waals surface area contributed by atoms with E-state index in [2.05, 4.69) is 15.0 Å². The number of aromatic nitrogens is 3. The van der Waals surface area contributed by atoms with Crippen LogP contribution in [0.3, 0.4) is 0 Å². The number of rotatable bonds is 6. The lowest BCUT2D eigenvalue weighted by molar-refractivity contribution is 0.238. The van der Waals surface area contributed by atoms with Crippen LogP contribution in [0.5, 0.6) is 0 Å². The normalized spacial score (nSPS) is 16.3. The zero-order chi connectivity index (χ0) is 23.0. The van der Waals surface area contributed by atoms with Crippen molar-refractivity contribution in [2.75, 3.05) is 0 Å². The molecule has 0 fully saturated rings. The van der Waals surface area contributed by atoms with Crippen molar-refractivity contribution in [3.63, 3.8) is 0 Å². The van der Waals surface area contributed by atoms with Gasteiger partial charge in [-0.15, -0.1) is 0 Å². The molecule has 0 aliphatic rings. The average molecular weight is 338 g/mol. The molecule has 4 heteroatoms. The largest absolute Gasteiger partial charge is 0.286 e. The molecule has 0 aliphatic carbocycles. The molecule has 0 radical (unpaired) electrons. The van der Waals surface area contributed by atoms with Crippen molar-refractivity contribution in [1.82, 2.24) is 19.9 Å². The lowest BCUT2D eigenvalue weighted by Gasteiger charge is -2.22. The van der Waals surface area contributed by atoms with Gasteiger partial charge in [0.05, 0.1) is 17.1 Å². The quantitative estimate of drug-likeness (QED) is 0.681. The summed E-state index contributed by atoms with van der Waals surface area (Å²) in [6.07, 6.45) is 0. The predicted octanol–water partition coefficient (Wildman–Crippen LogP) is 4.00. The molecule has 128 valence electrons. The van der Waals surface area contributed by atoms with E-state index in [9.17, 15) is 0 Å². The molecular weight excluding hydrogens is 308 g/mol. The SMILES string of the molecule is [2H]C([2H])(c1cccc(C)n1)N(C([2H])([2H])c1cccc(C)n1)C([2H])([2H])c1cccc(C)n1. The van der Waals surface area contributed by atoms with Crippen LogP contribution in [0.2, 0.25) is 0 Å². The van der Waals surface area contributed by atoms with Crippen LogP contribution in [0.15, 0.2) is 54.6 Å². The van der Waals surface area contributed by atoms with E-state index in [1.807, 2.05) is 0 Å². The molecule has 0 saturated carbocycles. The number of hydrogen-bond acceptors (Lipinski definition) is 4. The molecule has 3 aromatic heterocycles. The van der Waals surface area contributed by atoms with Crippen LogP contribution in [0.4, 0.5) is 0 Å². The first-order valence-corrected chi connectivity index (χ1v) is 7.99. The van der Waals surface area contributed by atoms with Gasteiger partial charge in [0.2, 0.25) is 0 Å². The molecule has 0 unspecified atom stereocenters. The van der Waals surface area contributed by atoms with Crippen LogP contribution in [0, 0.1) is 20.8 Å². The minimum Gasteiger partial charge on any atom is -0.286 e. The van der Waals surface area contributed by atoms with Crippen molar-refractivity contribution in [3.05, 3.63) is 88.8 Å². The van der Waals surface area contributed by atoms with Crippen molar-refractivity contribution < 1.29 is 8.22 Å². The number of nitrogens with zero attached hydrogens (tertiary/aromatic N) is 4. The van der Waals surface area contributed by atoms with Gasteiger partial charge < -0.3 is 0 Å². The molecule has 0 aromatic carbocycles. The molecule has 3 heterocycles. The first-order valence-electron chi connectivity index (χ1n) is 11.0. The molecular formula is C21H24N4. The van der Waals surface area contributed by atoms with Crippen molar-refractivity contribution in [2.45, 2.75) is 40.3 Å². The molecule has 0 spiro atoms. The van der Waals surface area contributed by atoms with E-state index in [0.717, 1.165) is 0 Å². The van der Waals surface area contributed by atoms with Gasteiger partial charge in [0.15, 0.2) is 0 Å². The summed E-state index contributed by atoms with van der Waals surface area (Å²) in [7, 11) is 0. The van der Waals surface area contributed by atoms with Crippen LogP contribution in [-0.2, 0) is 19.5 Å². The Morgan fingerprint density at radius 1 is 0.640 bits per heavy atom. The lowest BCUT2D eigenvalue weighted by Crippen LogP contribution is -2.24. The average Bonchev–Trinajstić information content (AvgIpc) is 2.67. The molecule has 4 nitrogen and oxygen atoms in total. The second kappa shape index (κ2) is 7.99. The summed E-state index contributed by atoms with van der Waals surface area (Å²) in [6.45, 7) is -2.85. The molecule has 3 rings (SSSR count). The minimum atomic E-state index is -2.64. The van der Waals surface area contributed by atoms with E-state index >= 15 is 0 Å². The predicted molar refractivity (Wildman–Crippen MR) is 99.9 cm³/mol. The van der Waals surface area contributed by atoms with Crippen molar-refractivity contribution in [2.24, 2.45) is 0 Å². The third kappa shape index (κ3) is 5.19. The number of hydrogen-bond donors (Lipinski definition) is 0. The van der Waals surface area contributed by atoms with Gasteiger partial charge >= 0.3 is 0 Å². The summed E-state index contributed by atoms with van der Waals surface area (Å²) >= 11 is 0. The smallest absolute Gasteiger partial charge is 0.0547 e. The molecule has 0 N–H and O–H groups in total. The second-order valence-electron chi connectivity index (χ2n) is 5.66. The maximum absolute atomic E-state index is 8.83. The summed E-state index contributed by atoms with van der Waals surface area (Å²) in [6, 6.07) is 14.1. The molecule has 0 amide bonds. The zero-order valence-electron chi connectivity index (χ0n) is 20.5. The van der Waals surface area contributed by atoms with E-state index in [4.69, 9.17) is 8.22 Å². The standard InChI is InChI=1S/C21H24N4/c1-16-7-4-10-19(22-16)13-25(14-20-11-5-8-17(2)23-20)15-21-12-6-9-18(3)24-21/h4-12H,13-15H2,1-3H3/i13D2,14D2,15D2. The highest BCUT2D eigenvalue weighted by Crippen LogP contribution is 2.12. The molecule has 3 aromatic rings. The minimum absolute atomic E-state index is 0.111. The van der Waals surface area contributed by atoms with Gasteiger partial charge in [-0.1, -0.05) is 18.2 Å². The summed E-state index contributed by atoms with van der Waals surface area (Å²) in [4.78, 5) is 13.2. The Morgan fingerprint density at radius 3 is 1.24 bits per heavy atom. The number of aryl methyl sites for hydroxylation is 3. The van der Waals surface area contributed by atoms with E-state index in [-0.39, 0.29) is 17.1 Å². The fourth-order valence-electron chi connectivity index (χ4n) is 2.24. The van der Waals surface area contributed by atoms with Gasteiger partial charge in [-0.3, -0.25) is 19.9 Å². The first kappa shape index (κ1) is 11.1. The van der Waals surface area contributed by atoms with Crippen LogP contribution < -0.4 is 0 Å². The Labute approximate surface area is 158 Å². The highest BCUT2D eigenvalue weighted by molar-refractivity contribution is 5.14. The summed E-state index contributed by atoms with van der Waals surface area (Å²) in [5, 5.41) is 0. The Morgan fingerprint density at radius 2 is 0.960 bits per heavy atom. The van der Waals surface area contributed by atoms with Gasteiger partial charge in [-0.25, -0.2) is 0 Å². The molecule has 0 saturated heterocycles. The van der Waals surface area contributed by atoms with Gasteiger partial charge in [-0.05, 0) is 57.2 Å². The van der Waals surface area contributed by atoms with Gasteiger partial charge in [0.1, 0.15) is 0 Å². The summed E-state index contributed by atoms with van der Waals surface area (Å²) < 4.78 is 53.0. The highest BCUT2D eigenvalue weighted by atomic mass is 15.1. The van der Waals surface area contributed by atoms with Crippen LogP contribution in [0.1, 0.15) is 42.4 Å². The van der Waals surface area contributed by atoms with Gasteiger partial charge in [-0.2, -0.15) is 0 Å². The van der Waals surface area contributed by atoms with Crippen molar-refractivity contribution in [1.29, 1.82) is 0 Å². The highest BCUT2D eigenvalue weighted by Gasteiger charge is 2.11. The monoisotopic (exact) mass is 338 g/mol. The molecule has 25 heavy (non-hydrogen) atoms. The van der Waals surface area contributed by atoms with E-state index < -0.39 is 19.5 Å². The van der Waals surface area contributed by atoms with Gasteiger partial charge in [0, 0.05) is 44.8 Å². The fraction of sp³-hybridized carbons (Fsp3) is 0.286. The third-order valence-electron chi connectivity index (χ3n) is 3.34. The van der Waals surface area contributed by atoms with E-state index in [1.54, 1.807) is 57.2 Å². The molecule has 0 atom stereocenters. The zero-order valence-corrected chi connectivity index (χ0v) is 14.5. The Balaban J connectivity index is 2.28. The van der Waals surface area contributed by atoms with Crippen LogP contribution in [0.25, 0.3) is 0 Å². The topological polar surface area (TPSA) is 41.9 Å². The lowest BCUT2D eigenvalue weighted by atomic mass is 10.2. The molecule has 0 bridgehead atoms. The van der Waals surface area contributed by atoms with E-state index in [0.29, 0.717) is 22.0 Å². The third-order valence-corrected chi connectivity index (χ3v) is 3.34. The molecule has 0 aliphatic heterocycles. The second-order valence-corrected chi connectivity index (χ2v) is 5.66. The van der Waals surface area contributed by atoms with Crippen molar-refractivity contribution in [3.8, 4) is 0 Å². The maximum Gasteiger partial charge on any atom is 0.0547 e. The maximum atomic E-state index is 8.83. The Bertz CT molecular complexity index is 950. The summed E-state index contributed by atoms with van der Waals surface area (Å²) in [5.41, 5.74) is 1.26. The van der Waals surface area contributed by atoms with Gasteiger partial charge in [0.25, 0.3) is 0 Å². The van der Waals surface area contributed by atoms with Crippen LogP contribution in [-0.4, -0.2) is 19.9 Å².